The molecule has 0 N–H and O–H groups in total. The number of fused-ring (bicyclic) bond motifs is 10. The average molecular weight is 378 g/mol. The Labute approximate surface area is 164 Å². The van der Waals surface area contributed by atoms with Gasteiger partial charge >= 0.3 is 0 Å². The summed E-state index contributed by atoms with van der Waals surface area (Å²) in [6, 6.07) is 16.4. The van der Waals surface area contributed by atoms with E-state index in [0.29, 0.717) is 22.7 Å². The molecule has 0 aliphatic rings. The fraction of sp³-hybridized carbons (Fsp3) is 0.0909. The maximum absolute atomic E-state index is 11.9. The Balaban J connectivity index is 1.94. The summed E-state index contributed by atoms with van der Waals surface area (Å²) in [6.45, 7) is 3.29. The second kappa shape index (κ2) is 5.51. The maximum atomic E-state index is 11.9. The highest BCUT2D eigenvalue weighted by atomic mass is 16.1. The Morgan fingerprint density at radius 2 is 1.45 bits per heavy atom. The van der Waals surface area contributed by atoms with E-state index in [0.717, 1.165) is 37.8 Å². The average Bonchev–Trinajstić information content (AvgIpc) is 3.13. The quantitative estimate of drug-likeness (QED) is 0.317. The first-order chi connectivity index (χ1) is 14.1. The van der Waals surface area contributed by atoms with Gasteiger partial charge in [-0.1, -0.05) is 48.5 Å². The molecule has 29 heavy (non-hydrogen) atoms. The summed E-state index contributed by atoms with van der Waals surface area (Å²) in [5, 5.41) is 28.1. The van der Waals surface area contributed by atoms with E-state index >= 15 is 0 Å². The molecule has 7 nitrogen and oxygen atoms in total. The number of aryl methyl sites for hydroxylation is 1. The standard InChI is InChI=1S/C22H14N6O/c1-11-19(12(2)29)23-26-22-18-17-15-9-5-3-7-13(15)14-8-4-6-10-16(14)20(17)24-25-21(18)27-28(11)22/h3-10H,1-2H3. The predicted molar refractivity (Wildman–Crippen MR) is 111 cm³/mol. The molecule has 0 bridgehead atoms. The molecule has 0 saturated carbocycles. The van der Waals surface area contributed by atoms with Crippen LogP contribution in [0.25, 0.3) is 49.1 Å². The van der Waals surface area contributed by atoms with E-state index in [2.05, 4.69) is 49.8 Å². The van der Waals surface area contributed by atoms with Gasteiger partial charge in [-0.3, -0.25) is 4.79 Å². The lowest BCUT2D eigenvalue weighted by Crippen LogP contribution is -2.08. The molecule has 0 spiro atoms. The number of carbonyl (C=O) groups excluding carboxylic acids is 1. The van der Waals surface area contributed by atoms with E-state index < -0.39 is 0 Å². The number of carbonyl (C=O) groups is 1. The number of nitrogens with zero attached hydrogens (tertiary/aromatic N) is 6. The lowest BCUT2D eigenvalue weighted by atomic mass is 9.96. The Morgan fingerprint density at radius 3 is 2.17 bits per heavy atom. The molecule has 0 amide bonds. The number of hydrogen-bond acceptors (Lipinski definition) is 6. The lowest BCUT2D eigenvalue weighted by Gasteiger charge is -2.09. The molecule has 0 radical (unpaired) electrons. The molecule has 0 saturated heterocycles. The van der Waals surface area contributed by atoms with Gasteiger partial charge in [0.1, 0.15) is 11.2 Å². The largest absolute Gasteiger partial charge is 0.293 e. The molecule has 7 heteroatoms. The van der Waals surface area contributed by atoms with Crippen LogP contribution in [0, 0.1) is 6.92 Å². The van der Waals surface area contributed by atoms with Gasteiger partial charge in [-0.05, 0) is 23.1 Å². The van der Waals surface area contributed by atoms with Crippen LogP contribution in [0.15, 0.2) is 48.5 Å². The summed E-state index contributed by atoms with van der Waals surface area (Å²) >= 11 is 0. The van der Waals surface area contributed by atoms with E-state index in [9.17, 15) is 4.79 Å². The number of ketones is 1. The van der Waals surface area contributed by atoms with Gasteiger partial charge in [-0.15, -0.1) is 25.5 Å². The van der Waals surface area contributed by atoms with E-state index in [1.54, 1.807) is 4.52 Å². The number of hydrogen-bond donors (Lipinski definition) is 0. The summed E-state index contributed by atoms with van der Waals surface area (Å²) in [5.41, 5.74) is 2.80. The fourth-order valence-electron chi connectivity index (χ4n) is 4.19. The number of aromatic nitrogens is 6. The van der Waals surface area contributed by atoms with Crippen molar-refractivity contribution in [3.8, 4) is 0 Å². The van der Waals surface area contributed by atoms with Crippen molar-refractivity contribution < 1.29 is 4.79 Å². The highest BCUT2D eigenvalue weighted by Gasteiger charge is 2.20. The van der Waals surface area contributed by atoms with Crippen LogP contribution in [-0.4, -0.2) is 35.8 Å². The maximum Gasteiger partial charge on any atom is 0.206 e. The van der Waals surface area contributed by atoms with Gasteiger partial charge in [0, 0.05) is 17.7 Å². The molecular weight excluding hydrogens is 364 g/mol. The Kier molecular flexibility index (Phi) is 3.04. The van der Waals surface area contributed by atoms with Gasteiger partial charge in [0.2, 0.25) is 5.65 Å². The summed E-state index contributed by atoms with van der Waals surface area (Å²) < 4.78 is 1.65. The summed E-state index contributed by atoms with van der Waals surface area (Å²) in [6.07, 6.45) is 0. The smallest absolute Gasteiger partial charge is 0.206 e. The number of rotatable bonds is 1. The third kappa shape index (κ3) is 2.01. The molecule has 0 aliphatic heterocycles. The van der Waals surface area contributed by atoms with Crippen LogP contribution in [0.5, 0.6) is 0 Å². The normalized spacial score (nSPS) is 11.9. The van der Waals surface area contributed by atoms with Crippen LogP contribution in [0.4, 0.5) is 0 Å². The Morgan fingerprint density at radius 1 is 0.793 bits per heavy atom. The SMILES string of the molecule is CC(=O)c1nnc2c3c(nnc4c5ccccc5c5ccccc5c43)nn2c1C. The highest BCUT2D eigenvalue weighted by molar-refractivity contribution is 6.31. The van der Waals surface area contributed by atoms with Crippen LogP contribution in [0.1, 0.15) is 23.1 Å². The van der Waals surface area contributed by atoms with Crippen molar-refractivity contribution in [3.63, 3.8) is 0 Å². The molecule has 0 atom stereocenters. The second-order valence-corrected chi connectivity index (χ2v) is 7.14. The molecule has 0 fully saturated rings. The van der Waals surface area contributed by atoms with Crippen molar-refractivity contribution in [3.05, 3.63) is 59.9 Å². The molecule has 6 rings (SSSR count). The minimum Gasteiger partial charge on any atom is -0.293 e. The number of Topliss-reactive ketones (excluding diaryl/α,β-unsaturated/α-hetero) is 1. The minimum absolute atomic E-state index is 0.149. The topological polar surface area (TPSA) is 85.9 Å². The van der Waals surface area contributed by atoms with E-state index in [1.165, 1.54) is 6.92 Å². The molecule has 0 unspecified atom stereocenters. The van der Waals surface area contributed by atoms with Gasteiger partial charge in [0.25, 0.3) is 0 Å². The van der Waals surface area contributed by atoms with E-state index in [1.807, 2.05) is 31.2 Å². The van der Waals surface area contributed by atoms with E-state index in [4.69, 9.17) is 0 Å². The molecule has 3 aromatic heterocycles. The van der Waals surface area contributed by atoms with Crippen molar-refractivity contribution in [2.24, 2.45) is 0 Å². The van der Waals surface area contributed by atoms with Crippen molar-refractivity contribution in [1.82, 2.24) is 30.0 Å². The summed E-state index contributed by atoms with van der Waals surface area (Å²) in [7, 11) is 0. The minimum atomic E-state index is -0.149. The van der Waals surface area contributed by atoms with Crippen molar-refractivity contribution in [2.45, 2.75) is 13.8 Å². The van der Waals surface area contributed by atoms with Gasteiger partial charge in [-0.2, -0.15) is 0 Å². The zero-order valence-electron chi connectivity index (χ0n) is 15.7. The Hall–Kier alpha value is -4.00. The van der Waals surface area contributed by atoms with Crippen molar-refractivity contribution in [1.29, 1.82) is 0 Å². The Bertz CT molecular complexity index is 1620. The van der Waals surface area contributed by atoms with Gasteiger partial charge < -0.3 is 0 Å². The van der Waals surface area contributed by atoms with Crippen molar-refractivity contribution >= 4 is 54.9 Å². The fourth-order valence-corrected chi connectivity index (χ4v) is 4.19. The van der Waals surface area contributed by atoms with Crippen LogP contribution >= 0.6 is 0 Å². The first-order valence-electron chi connectivity index (χ1n) is 9.27. The predicted octanol–water partition coefficient (Wildman–Crippen LogP) is 4.04. The molecule has 0 aliphatic carbocycles. The first kappa shape index (κ1) is 16.0. The second-order valence-electron chi connectivity index (χ2n) is 7.14. The van der Waals surface area contributed by atoms with Crippen LogP contribution in [-0.2, 0) is 0 Å². The first-order valence-corrected chi connectivity index (χ1v) is 9.27. The molecule has 3 heterocycles. The van der Waals surface area contributed by atoms with Crippen molar-refractivity contribution in [2.75, 3.05) is 0 Å². The molecule has 138 valence electrons. The van der Waals surface area contributed by atoms with Crippen LogP contribution < -0.4 is 0 Å². The highest BCUT2D eigenvalue weighted by Crippen LogP contribution is 2.37. The van der Waals surface area contributed by atoms with E-state index in [-0.39, 0.29) is 5.78 Å². The van der Waals surface area contributed by atoms with Gasteiger partial charge in [0.15, 0.2) is 11.4 Å². The van der Waals surface area contributed by atoms with Crippen LogP contribution in [0.3, 0.4) is 0 Å². The summed E-state index contributed by atoms with van der Waals surface area (Å²) in [4.78, 5) is 11.9. The third-order valence-electron chi connectivity index (χ3n) is 5.48. The lowest BCUT2D eigenvalue weighted by molar-refractivity contribution is 0.101. The monoisotopic (exact) mass is 378 g/mol. The molecule has 6 aromatic rings. The molecular formula is C22H14N6O. The van der Waals surface area contributed by atoms with Gasteiger partial charge in [0.05, 0.1) is 11.1 Å². The zero-order valence-corrected chi connectivity index (χ0v) is 15.7. The zero-order chi connectivity index (χ0) is 19.7. The van der Waals surface area contributed by atoms with Gasteiger partial charge in [-0.25, -0.2) is 4.52 Å². The third-order valence-corrected chi connectivity index (χ3v) is 5.48. The number of benzene rings is 3. The molecule has 3 aromatic carbocycles. The van der Waals surface area contributed by atoms with Crippen LogP contribution in [0.2, 0.25) is 0 Å². The summed E-state index contributed by atoms with van der Waals surface area (Å²) in [5.74, 6) is -0.149.